The summed E-state index contributed by atoms with van der Waals surface area (Å²) in [7, 11) is 0. The minimum absolute atomic E-state index is 0.0220. The summed E-state index contributed by atoms with van der Waals surface area (Å²) in [5.41, 5.74) is 5.66. The van der Waals surface area contributed by atoms with Crippen molar-refractivity contribution in [3.05, 3.63) is 0 Å². The summed E-state index contributed by atoms with van der Waals surface area (Å²) in [6.45, 7) is 0.925. The monoisotopic (exact) mass is 261 g/mol. The van der Waals surface area contributed by atoms with Crippen molar-refractivity contribution in [3.8, 4) is 0 Å². The van der Waals surface area contributed by atoms with Crippen LogP contribution in [0.5, 0.6) is 0 Å². The van der Waals surface area contributed by atoms with E-state index in [0.717, 1.165) is 0 Å². The summed E-state index contributed by atoms with van der Waals surface area (Å²) in [5.74, 6) is -0.278. The summed E-state index contributed by atoms with van der Waals surface area (Å²) >= 11 is 5.22. The van der Waals surface area contributed by atoms with E-state index in [9.17, 15) is 9.59 Å². The minimum Gasteiger partial charge on any atom is -0.465 e. The Morgan fingerprint density at radius 1 is 1.47 bits per heavy atom. The number of hydrogen-bond acceptors (Lipinski definition) is 4. The molecule has 3 atom stereocenters. The number of hydrogen-bond donors (Lipinski definition) is 2. The van der Waals surface area contributed by atoms with Crippen LogP contribution >= 0.6 is 11.6 Å². The van der Waals surface area contributed by atoms with Gasteiger partial charge in [-0.2, -0.15) is 0 Å². The van der Waals surface area contributed by atoms with Crippen LogP contribution in [-0.2, 0) is 9.63 Å². The van der Waals surface area contributed by atoms with Gasteiger partial charge < -0.3 is 20.6 Å². The Labute approximate surface area is 102 Å². The van der Waals surface area contributed by atoms with Crippen LogP contribution in [0.3, 0.4) is 0 Å². The lowest BCUT2D eigenvalue weighted by Gasteiger charge is -2.15. The quantitative estimate of drug-likeness (QED) is 0.243. The molecule has 1 aliphatic carbocycles. The largest absolute Gasteiger partial charge is 0.465 e. The molecule has 1 saturated carbocycles. The van der Waals surface area contributed by atoms with Gasteiger partial charge in [-0.05, 0) is 11.8 Å². The van der Waals surface area contributed by atoms with Crippen LogP contribution in [0.4, 0.5) is 4.79 Å². The molecule has 2 rings (SSSR count). The molecule has 0 radical (unpaired) electrons. The van der Waals surface area contributed by atoms with Gasteiger partial charge in [-0.15, -0.1) is 11.6 Å². The molecule has 0 aromatic carbocycles. The van der Waals surface area contributed by atoms with Crippen LogP contribution in [-0.4, -0.2) is 46.9 Å². The first-order valence-corrected chi connectivity index (χ1v) is 5.65. The van der Waals surface area contributed by atoms with Gasteiger partial charge in [0.2, 0.25) is 0 Å². The first kappa shape index (κ1) is 12.0. The highest BCUT2D eigenvalue weighted by atomic mass is 35.5. The summed E-state index contributed by atoms with van der Waals surface area (Å²) in [6.07, 6.45) is -0.917. The maximum atomic E-state index is 10.7. The average molecular weight is 262 g/mol. The summed E-state index contributed by atoms with van der Waals surface area (Å²) in [6, 6.07) is 0. The second-order valence-corrected chi connectivity index (χ2v) is 4.42. The van der Waals surface area contributed by atoms with E-state index in [4.69, 9.17) is 22.4 Å². The molecule has 0 aromatic heterocycles. The second-order valence-electron chi connectivity index (χ2n) is 4.15. The first-order chi connectivity index (χ1) is 8.04. The van der Waals surface area contributed by atoms with E-state index >= 15 is 0 Å². The van der Waals surface area contributed by atoms with Crippen molar-refractivity contribution in [2.24, 2.45) is 28.6 Å². The SMILES string of the molecule is N/C(=N\OC(=O)CCl)[C@@H]1[C@@H]2CN(C(=O)O)C[C@@H]21. The third-order valence-electron chi connectivity index (χ3n) is 3.17. The maximum absolute atomic E-state index is 10.7. The molecule has 8 heteroatoms. The van der Waals surface area contributed by atoms with Crippen LogP contribution in [0.25, 0.3) is 0 Å². The fourth-order valence-electron chi connectivity index (χ4n) is 2.31. The van der Waals surface area contributed by atoms with Crippen LogP contribution in [0, 0.1) is 17.8 Å². The third-order valence-corrected chi connectivity index (χ3v) is 3.39. The summed E-state index contributed by atoms with van der Waals surface area (Å²) in [4.78, 5) is 27.2. The number of nitrogens with two attached hydrogens (primary N) is 1. The fraction of sp³-hybridized carbons (Fsp3) is 0.667. The molecule has 2 fully saturated rings. The Hall–Kier alpha value is -1.50. The van der Waals surface area contributed by atoms with Gasteiger partial charge in [-0.3, -0.25) is 0 Å². The number of carbonyl (C=O) groups is 2. The molecule has 7 nitrogen and oxygen atoms in total. The number of likely N-dealkylation sites (tertiary alicyclic amines) is 1. The molecular formula is C9H12ClN3O4. The maximum Gasteiger partial charge on any atom is 0.407 e. The Kier molecular flexibility index (Phi) is 3.10. The Morgan fingerprint density at radius 2 is 2.06 bits per heavy atom. The number of halogens is 1. The molecule has 1 amide bonds. The molecule has 1 saturated heterocycles. The van der Waals surface area contributed by atoms with Crippen molar-refractivity contribution in [2.45, 2.75) is 0 Å². The molecule has 0 aromatic rings. The van der Waals surface area contributed by atoms with Crippen LogP contribution < -0.4 is 5.73 Å². The van der Waals surface area contributed by atoms with Gasteiger partial charge in [-0.1, -0.05) is 5.16 Å². The fourth-order valence-corrected chi connectivity index (χ4v) is 2.36. The van der Waals surface area contributed by atoms with E-state index in [-0.39, 0.29) is 29.5 Å². The molecule has 17 heavy (non-hydrogen) atoms. The number of rotatable bonds is 3. The summed E-state index contributed by atoms with van der Waals surface area (Å²) < 4.78 is 0. The van der Waals surface area contributed by atoms with Crippen molar-refractivity contribution in [2.75, 3.05) is 19.0 Å². The number of fused-ring (bicyclic) bond motifs is 1. The van der Waals surface area contributed by atoms with Gasteiger partial charge in [0.1, 0.15) is 11.7 Å². The minimum atomic E-state index is -0.917. The number of carbonyl (C=O) groups excluding carboxylic acids is 1. The molecule has 1 aliphatic heterocycles. The number of carboxylic acid groups (broad SMARTS) is 1. The zero-order chi connectivity index (χ0) is 12.6. The molecule has 1 heterocycles. The Balaban J connectivity index is 1.84. The smallest absolute Gasteiger partial charge is 0.407 e. The molecule has 2 aliphatic rings. The van der Waals surface area contributed by atoms with E-state index < -0.39 is 12.1 Å². The topological polar surface area (TPSA) is 105 Å². The van der Waals surface area contributed by atoms with Gasteiger partial charge in [0, 0.05) is 19.0 Å². The number of oxime groups is 1. The molecular weight excluding hydrogens is 250 g/mol. The van der Waals surface area contributed by atoms with E-state index in [0.29, 0.717) is 13.1 Å². The highest BCUT2D eigenvalue weighted by Crippen LogP contribution is 2.51. The van der Waals surface area contributed by atoms with Crippen LogP contribution in [0.2, 0.25) is 0 Å². The van der Waals surface area contributed by atoms with Gasteiger partial charge in [0.05, 0.1) is 0 Å². The second kappa shape index (κ2) is 4.40. The Bertz CT molecular complexity index is 374. The van der Waals surface area contributed by atoms with Crippen molar-refractivity contribution < 1.29 is 19.5 Å². The van der Waals surface area contributed by atoms with E-state index in [1.54, 1.807) is 0 Å². The third kappa shape index (κ3) is 2.28. The number of amides is 1. The Morgan fingerprint density at radius 3 is 2.53 bits per heavy atom. The average Bonchev–Trinajstić information content (AvgIpc) is 2.80. The predicted octanol–water partition coefficient (Wildman–Crippen LogP) is -0.104. The lowest BCUT2D eigenvalue weighted by molar-refractivity contribution is -0.140. The van der Waals surface area contributed by atoms with E-state index in [1.807, 2.05) is 0 Å². The summed E-state index contributed by atoms with van der Waals surface area (Å²) in [5, 5.41) is 12.3. The molecule has 0 unspecified atom stereocenters. The van der Waals surface area contributed by atoms with Crippen LogP contribution in [0.15, 0.2) is 5.16 Å². The van der Waals surface area contributed by atoms with Crippen molar-refractivity contribution in [1.82, 2.24) is 4.90 Å². The lowest BCUT2D eigenvalue weighted by atomic mass is 10.2. The number of alkyl halides is 1. The molecule has 94 valence electrons. The highest BCUT2D eigenvalue weighted by Gasteiger charge is 2.59. The number of amidine groups is 1. The van der Waals surface area contributed by atoms with E-state index in [2.05, 4.69) is 9.99 Å². The van der Waals surface area contributed by atoms with Crippen LogP contribution in [0.1, 0.15) is 0 Å². The van der Waals surface area contributed by atoms with Gasteiger partial charge in [0.15, 0.2) is 0 Å². The van der Waals surface area contributed by atoms with Crippen molar-refractivity contribution in [3.63, 3.8) is 0 Å². The normalized spacial score (nSPS) is 31.0. The number of piperidine rings is 1. The first-order valence-electron chi connectivity index (χ1n) is 5.11. The standard InChI is InChI=1S/C9H12ClN3O4/c10-1-6(14)17-12-8(11)7-4-2-13(9(15)16)3-5(4)7/h4-5,7H,1-3H2,(H2,11,12)(H,15,16)/t4-,5+,7-. The lowest BCUT2D eigenvalue weighted by Crippen LogP contribution is -2.32. The van der Waals surface area contributed by atoms with Crippen molar-refractivity contribution in [1.29, 1.82) is 0 Å². The zero-order valence-electron chi connectivity index (χ0n) is 8.88. The predicted molar refractivity (Wildman–Crippen MR) is 58.5 cm³/mol. The zero-order valence-corrected chi connectivity index (χ0v) is 9.63. The van der Waals surface area contributed by atoms with E-state index in [1.165, 1.54) is 4.90 Å². The van der Waals surface area contributed by atoms with Gasteiger partial charge >= 0.3 is 12.1 Å². The van der Waals surface area contributed by atoms with Gasteiger partial charge in [-0.25, -0.2) is 9.59 Å². The van der Waals surface area contributed by atoms with Gasteiger partial charge in [0.25, 0.3) is 0 Å². The number of nitrogens with zero attached hydrogens (tertiary/aromatic N) is 2. The molecule has 0 spiro atoms. The molecule has 0 bridgehead atoms. The highest BCUT2D eigenvalue weighted by molar-refractivity contribution is 6.26. The molecule has 3 N–H and O–H groups in total. The van der Waals surface area contributed by atoms with Crippen molar-refractivity contribution >= 4 is 29.5 Å².